The summed E-state index contributed by atoms with van der Waals surface area (Å²) < 4.78 is 7.03. The summed E-state index contributed by atoms with van der Waals surface area (Å²) >= 11 is 0. The molecule has 35 heavy (non-hydrogen) atoms. The lowest BCUT2D eigenvalue weighted by Crippen LogP contribution is -2.06. The highest BCUT2D eigenvalue weighted by Gasteiger charge is 2.18. The van der Waals surface area contributed by atoms with Crippen molar-refractivity contribution in [2.75, 3.05) is 12.8 Å². The lowest BCUT2D eigenvalue weighted by atomic mass is 10.0. The molecule has 0 saturated heterocycles. The summed E-state index contributed by atoms with van der Waals surface area (Å²) in [5, 5.41) is 1.06. The Balaban J connectivity index is 1.71. The molecule has 0 atom stereocenters. The average Bonchev–Trinajstić information content (AvgIpc) is 3.24. The Morgan fingerprint density at radius 1 is 0.971 bits per heavy atom. The van der Waals surface area contributed by atoms with E-state index in [9.17, 15) is 4.79 Å². The molecule has 2 aromatic heterocycles. The van der Waals surface area contributed by atoms with Gasteiger partial charge in [0.05, 0.1) is 18.1 Å². The molecule has 7 nitrogen and oxygen atoms in total. The van der Waals surface area contributed by atoms with Crippen molar-refractivity contribution in [3.63, 3.8) is 0 Å². The number of anilines is 1. The second-order valence-corrected chi connectivity index (χ2v) is 9.07. The summed E-state index contributed by atoms with van der Waals surface area (Å²) in [6.07, 6.45) is 6.10. The van der Waals surface area contributed by atoms with Crippen molar-refractivity contribution >= 4 is 33.7 Å². The highest BCUT2D eigenvalue weighted by molar-refractivity contribution is 6.06. The van der Waals surface area contributed by atoms with Crippen LogP contribution in [0.1, 0.15) is 61.5 Å². The molecule has 2 heterocycles. The minimum absolute atomic E-state index is 0.162. The summed E-state index contributed by atoms with van der Waals surface area (Å²) in [6, 6.07) is 14.8. The second kappa shape index (κ2) is 11.3. The number of imidazole rings is 1. The number of nitrogens with two attached hydrogens (primary N) is 2. The normalized spacial score (nSPS) is 11.4. The quantitative estimate of drug-likeness (QED) is 0.237. The van der Waals surface area contributed by atoms with E-state index in [4.69, 9.17) is 26.2 Å². The largest absolute Gasteiger partial charge is 0.469 e. The predicted octanol–water partition coefficient (Wildman–Crippen LogP) is 4.90. The van der Waals surface area contributed by atoms with Gasteiger partial charge in [-0.3, -0.25) is 4.79 Å². The van der Waals surface area contributed by atoms with Crippen molar-refractivity contribution in [1.29, 1.82) is 0 Å². The molecule has 0 bridgehead atoms. The van der Waals surface area contributed by atoms with E-state index in [0.717, 1.165) is 71.8 Å². The van der Waals surface area contributed by atoms with Gasteiger partial charge in [-0.15, -0.1) is 0 Å². The van der Waals surface area contributed by atoms with Crippen LogP contribution in [0.25, 0.3) is 21.9 Å². The summed E-state index contributed by atoms with van der Waals surface area (Å²) in [7, 11) is 1.43. The van der Waals surface area contributed by atoms with Crippen LogP contribution in [0.5, 0.6) is 0 Å². The Labute approximate surface area is 206 Å². The molecule has 4 rings (SSSR count). The molecule has 0 aliphatic heterocycles. The Morgan fingerprint density at radius 2 is 1.71 bits per heavy atom. The summed E-state index contributed by atoms with van der Waals surface area (Å²) in [6.45, 7) is 3.44. The van der Waals surface area contributed by atoms with Crippen molar-refractivity contribution in [2.24, 2.45) is 5.73 Å². The Morgan fingerprint density at radius 3 is 2.43 bits per heavy atom. The average molecular weight is 474 g/mol. The smallest absolute Gasteiger partial charge is 0.305 e. The lowest BCUT2D eigenvalue weighted by Gasteiger charge is -2.12. The maximum atomic E-state index is 11.4. The Bertz CT molecular complexity index is 1310. The number of hydrogen-bond donors (Lipinski definition) is 2. The molecule has 7 heteroatoms. The summed E-state index contributed by atoms with van der Waals surface area (Å²) in [4.78, 5) is 21.0. The van der Waals surface area contributed by atoms with E-state index in [1.807, 2.05) is 0 Å². The first-order chi connectivity index (χ1) is 17.0. The molecule has 0 aliphatic rings. The number of rotatable bonds is 11. The molecule has 0 saturated carbocycles. The number of carbonyl (C=O) groups is 1. The molecule has 0 fully saturated rings. The standard InChI is InChI=1S/C28H35N5O2/c1-3-4-8-24-32-26-27(33(24)18-21-12-10-20(17-29)11-13-21)22-15-14-19(16-23(22)31-28(26)30)7-5-6-9-25(34)35-2/h10-16H,3-9,17-18,29H2,1-2H3,(H2,30,31). The molecular weight excluding hydrogens is 438 g/mol. The number of esters is 1. The minimum atomic E-state index is -0.162. The van der Waals surface area contributed by atoms with Crippen molar-refractivity contribution in [3.8, 4) is 0 Å². The van der Waals surface area contributed by atoms with Crippen molar-refractivity contribution < 1.29 is 9.53 Å². The molecule has 2 aromatic carbocycles. The van der Waals surface area contributed by atoms with Crippen molar-refractivity contribution in [3.05, 3.63) is 65.0 Å². The fourth-order valence-electron chi connectivity index (χ4n) is 4.52. The van der Waals surface area contributed by atoms with Crippen LogP contribution in [0.3, 0.4) is 0 Å². The van der Waals surface area contributed by atoms with Gasteiger partial charge in [-0.2, -0.15) is 0 Å². The number of fused-ring (bicyclic) bond motifs is 3. The number of pyridine rings is 1. The summed E-state index contributed by atoms with van der Waals surface area (Å²) in [5.74, 6) is 1.34. The molecule has 4 aromatic rings. The zero-order chi connectivity index (χ0) is 24.8. The third-order valence-corrected chi connectivity index (χ3v) is 6.52. The van der Waals surface area contributed by atoms with Gasteiger partial charge in [0.15, 0.2) is 5.82 Å². The molecule has 0 aliphatic carbocycles. The zero-order valence-electron chi connectivity index (χ0n) is 20.7. The fraction of sp³-hybridized carbons (Fsp3) is 0.393. The van der Waals surface area contributed by atoms with Gasteiger partial charge >= 0.3 is 5.97 Å². The number of aromatic nitrogens is 3. The third kappa shape index (κ3) is 5.62. The number of nitrogen functional groups attached to an aromatic ring is 1. The van der Waals surface area contributed by atoms with E-state index in [1.165, 1.54) is 18.2 Å². The van der Waals surface area contributed by atoms with Gasteiger partial charge in [-0.25, -0.2) is 9.97 Å². The number of unbranched alkanes of at least 4 members (excludes halogenated alkanes) is 2. The van der Waals surface area contributed by atoms with Crippen LogP contribution in [0.15, 0.2) is 42.5 Å². The third-order valence-electron chi connectivity index (χ3n) is 6.52. The SMILES string of the molecule is CCCCc1nc2c(N)nc3cc(CCCCC(=O)OC)ccc3c2n1Cc1ccc(CN)cc1. The lowest BCUT2D eigenvalue weighted by molar-refractivity contribution is -0.140. The Kier molecular flexibility index (Phi) is 7.98. The molecule has 4 N–H and O–H groups in total. The van der Waals surface area contributed by atoms with Gasteiger partial charge in [0.1, 0.15) is 11.3 Å². The number of nitrogens with zero attached hydrogens (tertiary/aromatic N) is 3. The number of ether oxygens (including phenoxy) is 1. The van der Waals surface area contributed by atoms with Crippen LogP contribution >= 0.6 is 0 Å². The first kappa shape index (κ1) is 24.7. The van der Waals surface area contributed by atoms with Crippen LogP contribution in [-0.4, -0.2) is 27.6 Å². The van der Waals surface area contributed by atoms with Gasteiger partial charge in [-0.05, 0) is 48.4 Å². The first-order valence-corrected chi connectivity index (χ1v) is 12.5. The van der Waals surface area contributed by atoms with Gasteiger partial charge < -0.3 is 20.8 Å². The van der Waals surface area contributed by atoms with E-state index in [1.54, 1.807) is 0 Å². The number of benzene rings is 2. The summed E-state index contributed by atoms with van der Waals surface area (Å²) in [5.41, 5.74) is 18.4. The fourth-order valence-corrected chi connectivity index (χ4v) is 4.52. The highest BCUT2D eigenvalue weighted by atomic mass is 16.5. The molecule has 0 unspecified atom stereocenters. The van der Waals surface area contributed by atoms with Gasteiger partial charge in [0, 0.05) is 31.3 Å². The maximum absolute atomic E-state index is 11.4. The van der Waals surface area contributed by atoms with Gasteiger partial charge in [0.2, 0.25) is 0 Å². The predicted molar refractivity (Wildman–Crippen MR) is 141 cm³/mol. The highest BCUT2D eigenvalue weighted by Crippen LogP contribution is 2.31. The van der Waals surface area contributed by atoms with Crippen molar-refractivity contribution in [2.45, 2.75) is 65.0 Å². The van der Waals surface area contributed by atoms with Crippen LogP contribution in [0.4, 0.5) is 5.82 Å². The number of hydrogen-bond acceptors (Lipinski definition) is 6. The topological polar surface area (TPSA) is 109 Å². The number of carbonyl (C=O) groups excluding carboxylic acids is 1. The maximum Gasteiger partial charge on any atom is 0.305 e. The van der Waals surface area contributed by atoms with Gasteiger partial charge in [0.25, 0.3) is 0 Å². The number of methoxy groups -OCH3 is 1. The molecule has 0 radical (unpaired) electrons. The minimum Gasteiger partial charge on any atom is -0.469 e. The monoisotopic (exact) mass is 473 g/mol. The van der Waals surface area contributed by atoms with Crippen LogP contribution in [0, 0.1) is 0 Å². The van der Waals surface area contributed by atoms with E-state index in [-0.39, 0.29) is 5.97 Å². The van der Waals surface area contributed by atoms with E-state index >= 15 is 0 Å². The number of aryl methyl sites for hydroxylation is 2. The van der Waals surface area contributed by atoms with Crippen molar-refractivity contribution in [1.82, 2.24) is 14.5 Å². The molecule has 0 amide bonds. The second-order valence-electron chi connectivity index (χ2n) is 9.07. The van der Waals surface area contributed by atoms with E-state index in [2.05, 4.69) is 54.0 Å². The van der Waals surface area contributed by atoms with Crippen LogP contribution < -0.4 is 11.5 Å². The molecule has 0 spiro atoms. The Hall–Kier alpha value is -3.45. The van der Waals surface area contributed by atoms with E-state index in [0.29, 0.717) is 25.3 Å². The van der Waals surface area contributed by atoms with Gasteiger partial charge in [-0.1, -0.05) is 49.7 Å². The van der Waals surface area contributed by atoms with Crippen LogP contribution in [-0.2, 0) is 35.5 Å². The first-order valence-electron chi connectivity index (χ1n) is 12.5. The van der Waals surface area contributed by atoms with E-state index < -0.39 is 0 Å². The molecule has 184 valence electrons. The molecular formula is C28H35N5O2. The van der Waals surface area contributed by atoms with Crippen LogP contribution in [0.2, 0.25) is 0 Å². The zero-order valence-corrected chi connectivity index (χ0v) is 20.7.